The van der Waals surface area contributed by atoms with Gasteiger partial charge < -0.3 is 0 Å². The molecule has 0 spiro atoms. The van der Waals surface area contributed by atoms with Crippen molar-refractivity contribution in [2.75, 3.05) is 4.90 Å². The normalized spacial score (nSPS) is 18.5. The molecule has 0 aromatic heterocycles. The summed E-state index contributed by atoms with van der Waals surface area (Å²) in [7, 11) is 0. The maximum absolute atomic E-state index is 13.1. The van der Waals surface area contributed by atoms with Crippen LogP contribution >= 0.6 is 35.6 Å². The molecule has 7 nitrogen and oxygen atoms in total. The Morgan fingerprint density at radius 3 is 2.48 bits per heavy atom. The predicted molar refractivity (Wildman–Crippen MR) is 133 cm³/mol. The lowest BCUT2D eigenvalue weighted by molar-refractivity contribution is -0.387. The van der Waals surface area contributed by atoms with Crippen LogP contribution in [0, 0.1) is 10.1 Å². The highest BCUT2D eigenvalue weighted by atomic mass is 35.5. The molecule has 0 unspecified atom stereocenters. The third-order valence-electron chi connectivity index (χ3n) is 5.52. The van der Waals surface area contributed by atoms with Gasteiger partial charge >= 0.3 is 0 Å². The minimum atomic E-state index is -0.654. The molecular formula is C23H20ClN3O4S2. The van der Waals surface area contributed by atoms with E-state index in [-0.39, 0.29) is 16.4 Å². The van der Waals surface area contributed by atoms with Crippen LogP contribution in [-0.4, -0.2) is 27.1 Å². The predicted octanol–water partition coefficient (Wildman–Crippen LogP) is 5.50. The van der Waals surface area contributed by atoms with Gasteiger partial charge in [-0.05, 0) is 67.0 Å². The SMILES string of the molecule is O=C1NC(=S)N(c2ccc(Cl)cc2)C(=O)C1=Cc1ccc(SC2CCCCC2)c([N+](=O)[O-])c1. The first-order valence-corrected chi connectivity index (χ1v) is 12.1. The molecule has 0 atom stereocenters. The molecule has 1 saturated carbocycles. The molecule has 2 aromatic rings. The van der Waals surface area contributed by atoms with Crippen molar-refractivity contribution in [3.05, 3.63) is 68.7 Å². The molecule has 2 amide bonds. The van der Waals surface area contributed by atoms with E-state index < -0.39 is 16.7 Å². The first kappa shape index (κ1) is 23.4. The summed E-state index contributed by atoms with van der Waals surface area (Å²) in [5.74, 6) is -1.27. The molecule has 10 heteroatoms. The zero-order valence-electron chi connectivity index (χ0n) is 17.5. The van der Waals surface area contributed by atoms with Gasteiger partial charge in [-0.2, -0.15) is 0 Å². The molecule has 1 aliphatic carbocycles. The van der Waals surface area contributed by atoms with E-state index in [4.69, 9.17) is 23.8 Å². The van der Waals surface area contributed by atoms with Gasteiger partial charge in [0.25, 0.3) is 17.5 Å². The van der Waals surface area contributed by atoms with Gasteiger partial charge in [0.05, 0.1) is 15.5 Å². The summed E-state index contributed by atoms with van der Waals surface area (Å²) < 4.78 is 0. The lowest BCUT2D eigenvalue weighted by atomic mass is 10.0. The highest BCUT2D eigenvalue weighted by molar-refractivity contribution is 8.00. The summed E-state index contributed by atoms with van der Waals surface area (Å²) in [6, 6.07) is 11.2. The zero-order chi connectivity index (χ0) is 23.5. The summed E-state index contributed by atoms with van der Waals surface area (Å²) in [5.41, 5.74) is 0.636. The van der Waals surface area contributed by atoms with Gasteiger partial charge in [-0.1, -0.05) is 36.9 Å². The van der Waals surface area contributed by atoms with Crippen LogP contribution in [0.1, 0.15) is 37.7 Å². The largest absolute Gasteiger partial charge is 0.298 e. The fraction of sp³-hybridized carbons (Fsp3) is 0.261. The molecule has 0 radical (unpaired) electrons. The number of nitrogens with zero attached hydrogens (tertiary/aromatic N) is 2. The minimum absolute atomic E-state index is 0.0336. The Hall–Kier alpha value is -2.75. The number of halogens is 1. The van der Waals surface area contributed by atoms with Gasteiger partial charge in [0.2, 0.25) is 0 Å². The molecule has 33 heavy (non-hydrogen) atoms. The van der Waals surface area contributed by atoms with Crippen molar-refractivity contribution in [1.29, 1.82) is 0 Å². The van der Waals surface area contributed by atoms with E-state index in [2.05, 4.69) is 5.32 Å². The highest BCUT2D eigenvalue weighted by Crippen LogP contribution is 2.38. The van der Waals surface area contributed by atoms with Crippen molar-refractivity contribution in [2.45, 2.75) is 42.2 Å². The number of nitrogens with one attached hydrogen (secondary N) is 1. The molecule has 2 aliphatic rings. The van der Waals surface area contributed by atoms with E-state index in [1.165, 1.54) is 35.2 Å². The topological polar surface area (TPSA) is 92.6 Å². The van der Waals surface area contributed by atoms with Crippen molar-refractivity contribution in [3.8, 4) is 0 Å². The molecule has 4 rings (SSSR count). The Morgan fingerprint density at radius 1 is 1.12 bits per heavy atom. The van der Waals surface area contributed by atoms with E-state index in [9.17, 15) is 19.7 Å². The molecule has 2 fully saturated rings. The Labute approximate surface area is 205 Å². The fourth-order valence-corrected chi connectivity index (χ4v) is 5.61. The zero-order valence-corrected chi connectivity index (χ0v) is 19.8. The van der Waals surface area contributed by atoms with E-state index in [0.717, 1.165) is 25.7 Å². The molecule has 1 saturated heterocycles. The van der Waals surface area contributed by atoms with Crippen LogP contribution in [0.4, 0.5) is 11.4 Å². The molecule has 170 valence electrons. The van der Waals surface area contributed by atoms with E-state index in [1.54, 1.807) is 36.4 Å². The Bertz CT molecular complexity index is 1160. The number of nitro groups is 1. The number of carbonyl (C=O) groups is 2. The maximum Gasteiger partial charge on any atom is 0.283 e. The van der Waals surface area contributed by atoms with Crippen molar-refractivity contribution >= 4 is 70.0 Å². The van der Waals surface area contributed by atoms with Gasteiger partial charge in [-0.25, -0.2) is 0 Å². The number of amides is 2. The maximum atomic E-state index is 13.1. The van der Waals surface area contributed by atoms with E-state index in [0.29, 0.717) is 26.4 Å². The second kappa shape index (κ2) is 10.0. The molecule has 1 aliphatic heterocycles. The Balaban J connectivity index is 1.64. The Morgan fingerprint density at radius 2 is 1.82 bits per heavy atom. The average molecular weight is 502 g/mol. The van der Waals surface area contributed by atoms with E-state index in [1.807, 2.05) is 0 Å². The van der Waals surface area contributed by atoms with Crippen molar-refractivity contribution in [1.82, 2.24) is 5.32 Å². The third kappa shape index (κ3) is 5.26. The van der Waals surface area contributed by atoms with Gasteiger partial charge in [-0.3, -0.25) is 29.9 Å². The first-order chi connectivity index (χ1) is 15.8. The number of hydrogen-bond acceptors (Lipinski definition) is 6. The summed E-state index contributed by atoms with van der Waals surface area (Å²) >= 11 is 12.6. The lowest BCUT2D eigenvalue weighted by Gasteiger charge is -2.29. The Kier molecular flexibility index (Phi) is 7.11. The van der Waals surface area contributed by atoms with Crippen molar-refractivity contribution in [2.24, 2.45) is 0 Å². The standard InChI is InChI=1S/C23H20ClN3O4S2/c24-15-7-9-16(10-8-15)26-22(29)18(21(28)25-23(26)32)12-14-6-11-20(19(13-14)27(30)31)33-17-4-2-1-3-5-17/h6-13,17H,1-5H2,(H,25,28,32). The summed E-state index contributed by atoms with van der Waals surface area (Å²) in [6.07, 6.45) is 6.92. The van der Waals surface area contributed by atoms with Crippen LogP contribution < -0.4 is 10.2 Å². The third-order valence-corrected chi connectivity index (χ3v) is 7.46. The molecule has 0 bridgehead atoms. The molecular weight excluding hydrogens is 482 g/mol. The van der Waals surface area contributed by atoms with Crippen LogP contribution in [0.2, 0.25) is 5.02 Å². The summed E-state index contributed by atoms with van der Waals surface area (Å²) in [6.45, 7) is 0. The number of hydrogen-bond donors (Lipinski definition) is 1. The van der Waals surface area contributed by atoms with Crippen LogP contribution in [0.5, 0.6) is 0 Å². The second-order valence-electron chi connectivity index (χ2n) is 7.80. The van der Waals surface area contributed by atoms with Crippen molar-refractivity contribution < 1.29 is 14.5 Å². The van der Waals surface area contributed by atoms with Gasteiger partial charge in [-0.15, -0.1) is 11.8 Å². The average Bonchev–Trinajstić information content (AvgIpc) is 2.79. The smallest absolute Gasteiger partial charge is 0.283 e. The van der Waals surface area contributed by atoms with Gasteiger partial charge in [0.15, 0.2) is 5.11 Å². The number of thiocarbonyl (C=S) groups is 1. The van der Waals surface area contributed by atoms with E-state index >= 15 is 0 Å². The number of thioether (sulfide) groups is 1. The fourth-order valence-electron chi connectivity index (χ4n) is 3.88. The second-order valence-corrected chi connectivity index (χ2v) is 9.96. The van der Waals surface area contributed by atoms with Crippen LogP contribution in [0.3, 0.4) is 0 Å². The van der Waals surface area contributed by atoms with Gasteiger partial charge in [0.1, 0.15) is 5.57 Å². The van der Waals surface area contributed by atoms with Crippen LogP contribution in [0.25, 0.3) is 6.08 Å². The van der Waals surface area contributed by atoms with Crippen molar-refractivity contribution in [3.63, 3.8) is 0 Å². The van der Waals surface area contributed by atoms with Gasteiger partial charge in [0, 0.05) is 16.3 Å². The number of rotatable bonds is 5. The highest BCUT2D eigenvalue weighted by Gasteiger charge is 2.34. The number of anilines is 1. The first-order valence-electron chi connectivity index (χ1n) is 10.5. The van der Waals surface area contributed by atoms with Crippen LogP contribution in [-0.2, 0) is 9.59 Å². The lowest BCUT2D eigenvalue weighted by Crippen LogP contribution is -2.54. The molecule has 2 aromatic carbocycles. The summed E-state index contributed by atoms with van der Waals surface area (Å²) in [4.78, 5) is 38.7. The number of benzene rings is 2. The summed E-state index contributed by atoms with van der Waals surface area (Å²) in [5, 5.41) is 15.0. The number of nitro benzene ring substituents is 1. The molecule has 1 heterocycles. The minimum Gasteiger partial charge on any atom is -0.298 e. The molecule has 1 N–H and O–H groups in total. The quantitative estimate of drug-likeness (QED) is 0.191. The number of carbonyl (C=O) groups excluding carboxylic acids is 2. The monoisotopic (exact) mass is 501 g/mol. The van der Waals surface area contributed by atoms with Crippen LogP contribution in [0.15, 0.2) is 52.9 Å².